The highest BCUT2D eigenvalue weighted by Crippen LogP contribution is 2.26. The summed E-state index contributed by atoms with van der Waals surface area (Å²) in [7, 11) is 0. The number of hydrogen-bond donors (Lipinski definition) is 3. The Labute approximate surface area is 155 Å². The number of hydrogen-bond acceptors (Lipinski definition) is 3. The van der Waals surface area contributed by atoms with E-state index in [1.807, 2.05) is 30.3 Å². The Kier molecular flexibility index (Phi) is 5.04. The zero-order valence-corrected chi connectivity index (χ0v) is 14.8. The molecule has 122 valence electrons. The predicted molar refractivity (Wildman–Crippen MR) is 107 cm³/mol. The number of nitrogens with one attached hydrogen (secondary N) is 2. The van der Waals surface area contributed by atoms with Gasteiger partial charge in [-0.05, 0) is 53.7 Å². The van der Waals surface area contributed by atoms with Gasteiger partial charge in [0.05, 0.1) is 10.0 Å². The third kappa shape index (κ3) is 4.06. The maximum Gasteiger partial charge on any atom is 0.175 e. The summed E-state index contributed by atoms with van der Waals surface area (Å²) in [5.41, 5.74) is 9.49. The lowest BCUT2D eigenvalue weighted by Crippen LogP contribution is -2.19. The van der Waals surface area contributed by atoms with Crippen LogP contribution in [0.3, 0.4) is 0 Å². The van der Waals surface area contributed by atoms with Crippen molar-refractivity contribution in [2.75, 3.05) is 10.6 Å². The van der Waals surface area contributed by atoms with Crippen molar-refractivity contribution in [2.45, 2.75) is 6.42 Å². The van der Waals surface area contributed by atoms with Crippen LogP contribution in [-0.4, -0.2) is 10.9 Å². The Bertz CT molecular complexity index is 861. The van der Waals surface area contributed by atoms with Gasteiger partial charge < -0.3 is 16.4 Å². The van der Waals surface area contributed by atoms with Gasteiger partial charge in [0.15, 0.2) is 5.11 Å². The number of halogens is 2. The molecule has 7 heteroatoms. The van der Waals surface area contributed by atoms with E-state index in [1.54, 1.807) is 18.3 Å². The van der Waals surface area contributed by atoms with Crippen molar-refractivity contribution in [3.8, 4) is 0 Å². The third-order valence-corrected chi connectivity index (χ3v) is 4.37. The van der Waals surface area contributed by atoms with Crippen LogP contribution in [0.1, 0.15) is 12.0 Å². The topological polar surface area (TPSA) is 62.4 Å². The van der Waals surface area contributed by atoms with Gasteiger partial charge in [0.2, 0.25) is 0 Å². The van der Waals surface area contributed by atoms with Crippen molar-refractivity contribution in [3.05, 3.63) is 64.3 Å². The van der Waals surface area contributed by atoms with Crippen LogP contribution in [0.5, 0.6) is 0 Å². The van der Waals surface area contributed by atoms with E-state index in [9.17, 15) is 0 Å². The van der Waals surface area contributed by atoms with E-state index in [0.717, 1.165) is 22.5 Å². The number of aliphatic imine (C=N–C) groups is 1. The molecular weight excluding hydrogens is 363 g/mol. The summed E-state index contributed by atoms with van der Waals surface area (Å²) in [5.74, 6) is 0.625. The molecule has 0 radical (unpaired) electrons. The van der Waals surface area contributed by atoms with Crippen LogP contribution >= 0.6 is 35.4 Å². The maximum atomic E-state index is 6.00. The Morgan fingerprint density at radius 3 is 2.46 bits per heavy atom. The molecule has 0 amide bonds. The molecule has 0 saturated heterocycles. The van der Waals surface area contributed by atoms with E-state index in [2.05, 4.69) is 15.6 Å². The first kappa shape index (κ1) is 16.8. The van der Waals surface area contributed by atoms with Crippen molar-refractivity contribution in [3.63, 3.8) is 0 Å². The van der Waals surface area contributed by atoms with Gasteiger partial charge in [0, 0.05) is 24.0 Å². The molecule has 0 bridgehead atoms. The summed E-state index contributed by atoms with van der Waals surface area (Å²) >= 11 is 17.2. The fraction of sp³-hybridized carbons (Fsp3) is 0.0588. The van der Waals surface area contributed by atoms with Crippen LogP contribution in [0, 0.1) is 0 Å². The molecule has 4 nitrogen and oxygen atoms in total. The third-order valence-electron chi connectivity index (χ3n) is 3.43. The van der Waals surface area contributed by atoms with Crippen molar-refractivity contribution in [1.29, 1.82) is 0 Å². The molecule has 0 atom stereocenters. The summed E-state index contributed by atoms with van der Waals surface area (Å²) in [5, 5.41) is 7.65. The summed E-state index contributed by atoms with van der Waals surface area (Å²) in [4.78, 5) is 4.11. The molecule has 3 rings (SSSR count). The number of amidine groups is 1. The van der Waals surface area contributed by atoms with Gasteiger partial charge in [-0.25, -0.2) is 4.99 Å². The lowest BCUT2D eigenvalue weighted by molar-refractivity contribution is 1.44. The molecular formula is C17H14Cl2N4S. The molecule has 0 unspecified atom stereocenters. The first-order valence-corrected chi connectivity index (χ1v) is 8.32. The van der Waals surface area contributed by atoms with Crippen molar-refractivity contribution in [1.82, 2.24) is 0 Å². The van der Waals surface area contributed by atoms with Crippen molar-refractivity contribution < 1.29 is 0 Å². The molecule has 2 aromatic rings. The Hall–Kier alpha value is -2.08. The van der Waals surface area contributed by atoms with Gasteiger partial charge in [0.1, 0.15) is 5.84 Å². The fourth-order valence-electron chi connectivity index (χ4n) is 2.29. The molecule has 0 saturated carbocycles. The van der Waals surface area contributed by atoms with Crippen LogP contribution in [-0.2, 0) is 0 Å². The summed E-state index contributed by atoms with van der Waals surface area (Å²) in [6.07, 6.45) is 2.45. The molecule has 0 aliphatic carbocycles. The SMILES string of the molecule is NC1=NC=C(c2cccc(NC(=S)Nc3ccc(Cl)c(Cl)c3)c2)C1. The Morgan fingerprint density at radius 1 is 1.04 bits per heavy atom. The van der Waals surface area contributed by atoms with Crippen LogP contribution in [0.15, 0.2) is 53.7 Å². The number of nitrogens with zero attached hydrogens (tertiary/aromatic N) is 1. The number of anilines is 2. The highest BCUT2D eigenvalue weighted by Gasteiger charge is 2.10. The van der Waals surface area contributed by atoms with E-state index in [-0.39, 0.29) is 0 Å². The first-order valence-electron chi connectivity index (χ1n) is 7.16. The summed E-state index contributed by atoms with van der Waals surface area (Å²) in [6.45, 7) is 0. The second-order valence-corrected chi connectivity index (χ2v) is 6.46. The quantitative estimate of drug-likeness (QED) is 0.666. The van der Waals surface area contributed by atoms with Crippen LogP contribution in [0.25, 0.3) is 5.57 Å². The monoisotopic (exact) mass is 376 g/mol. The molecule has 1 aliphatic heterocycles. The second-order valence-electron chi connectivity index (χ2n) is 5.24. The molecule has 1 heterocycles. The lowest BCUT2D eigenvalue weighted by Gasteiger charge is -2.12. The fourth-order valence-corrected chi connectivity index (χ4v) is 2.82. The highest BCUT2D eigenvalue weighted by molar-refractivity contribution is 7.80. The molecule has 1 aliphatic rings. The van der Waals surface area contributed by atoms with Crippen molar-refractivity contribution in [2.24, 2.45) is 10.7 Å². The lowest BCUT2D eigenvalue weighted by atomic mass is 10.0. The largest absolute Gasteiger partial charge is 0.387 e. The van der Waals surface area contributed by atoms with E-state index in [4.69, 9.17) is 41.2 Å². The van der Waals surface area contributed by atoms with E-state index in [0.29, 0.717) is 27.4 Å². The summed E-state index contributed by atoms with van der Waals surface area (Å²) in [6, 6.07) is 13.1. The second kappa shape index (κ2) is 7.21. The van der Waals surface area contributed by atoms with E-state index < -0.39 is 0 Å². The highest BCUT2D eigenvalue weighted by atomic mass is 35.5. The van der Waals surface area contributed by atoms with Gasteiger partial charge >= 0.3 is 0 Å². The van der Waals surface area contributed by atoms with Gasteiger partial charge in [-0.1, -0.05) is 35.3 Å². The summed E-state index contributed by atoms with van der Waals surface area (Å²) < 4.78 is 0. The normalized spacial score (nSPS) is 13.2. The number of benzene rings is 2. The molecule has 0 fully saturated rings. The molecule has 24 heavy (non-hydrogen) atoms. The average Bonchev–Trinajstić information content (AvgIpc) is 2.98. The van der Waals surface area contributed by atoms with Crippen LogP contribution < -0.4 is 16.4 Å². The minimum absolute atomic E-state index is 0.460. The predicted octanol–water partition coefficient (Wildman–Crippen LogP) is 4.90. The smallest absolute Gasteiger partial charge is 0.175 e. The number of thiocarbonyl (C=S) groups is 1. The molecule has 0 spiro atoms. The van der Waals surface area contributed by atoms with E-state index >= 15 is 0 Å². The molecule has 4 N–H and O–H groups in total. The first-order chi connectivity index (χ1) is 11.5. The zero-order valence-electron chi connectivity index (χ0n) is 12.5. The van der Waals surface area contributed by atoms with Gasteiger partial charge in [-0.2, -0.15) is 0 Å². The molecule has 0 aromatic heterocycles. The van der Waals surface area contributed by atoms with Gasteiger partial charge in [0.25, 0.3) is 0 Å². The Balaban J connectivity index is 1.67. The number of nitrogens with two attached hydrogens (primary N) is 1. The standard InChI is InChI=1S/C17H14Cl2N4S/c18-14-5-4-13(8-15(14)19)23-17(24)22-12-3-1-2-10(6-12)11-7-16(20)21-9-11/h1-6,8-9H,7H2,(H2,20,21)(H2,22,23,24). The average molecular weight is 377 g/mol. The van der Waals surface area contributed by atoms with Crippen molar-refractivity contribution >= 4 is 63.3 Å². The van der Waals surface area contributed by atoms with Crippen LogP contribution in [0.4, 0.5) is 11.4 Å². The number of rotatable bonds is 3. The van der Waals surface area contributed by atoms with Gasteiger partial charge in [-0.3, -0.25) is 0 Å². The van der Waals surface area contributed by atoms with Crippen LogP contribution in [0.2, 0.25) is 10.0 Å². The van der Waals surface area contributed by atoms with Gasteiger partial charge in [-0.15, -0.1) is 0 Å². The zero-order chi connectivity index (χ0) is 17.1. The maximum absolute atomic E-state index is 6.00. The molecule has 2 aromatic carbocycles. The minimum Gasteiger partial charge on any atom is -0.387 e. The Morgan fingerprint density at radius 2 is 1.79 bits per heavy atom. The minimum atomic E-state index is 0.460. The van der Waals surface area contributed by atoms with E-state index in [1.165, 1.54) is 0 Å².